The lowest BCUT2D eigenvalue weighted by molar-refractivity contribution is -0.139. The highest BCUT2D eigenvalue weighted by Gasteiger charge is 2.36. The molecule has 1 rings (SSSR count). The molecule has 0 saturated heterocycles. The Kier molecular flexibility index (Phi) is 5.87. The number of benzene rings is 1. The van der Waals surface area contributed by atoms with Gasteiger partial charge >= 0.3 is 6.18 Å². The van der Waals surface area contributed by atoms with E-state index in [2.05, 4.69) is 5.32 Å². The van der Waals surface area contributed by atoms with Gasteiger partial charge in [-0.15, -0.1) is 0 Å². The number of hydrogen-bond donors (Lipinski definition) is 1. The molecule has 0 fully saturated rings. The minimum atomic E-state index is -4.40. The number of alkyl halides is 3. The maximum Gasteiger partial charge on any atom is 0.419 e. The molecule has 1 aromatic rings. The topological polar surface area (TPSA) is 21.3 Å². The lowest BCUT2D eigenvalue weighted by Crippen LogP contribution is -2.43. The number of para-hydroxylation sites is 1. The Labute approximate surface area is 118 Å². The van der Waals surface area contributed by atoms with Crippen molar-refractivity contribution in [2.24, 2.45) is 0 Å². The maximum atomic E-state index is 12.9. The van der Waals surface area contributed by atoms with Gasteiger partial charge in [-0.3, -0.25) is 0 Å². The molecule has 0 aromatic heterocycles. The van der Waals surface area contributed by atoms with Crippen molar-refractivity contribution in [1.29, 1.82) is 0 Å². The van der Waals surface area contributed by atoms with Gasteiger partial charge < -0.3 is 10.1 Å². The molecule has 0 aliphatic heterocycles. The molecule has 0 aliphatic rings. The van der Waals surface area contributed by atoms with Gasteiger partial charge in [0.1, 0.15) is 11.4 Å². The maximum absolute atomic E-state index is 12.9. The van der Waals surface area contributed by atoms with Crippen LogP contribution in [0.15, 0.2) is 24.3 Å². The predicted octanol–water partition coefficient (Wildman–Crippen LogP) is 4.25. The van der Waals surface area contributed by atoms with E-state index in [-0.39, 0.29) is 5.75 Å². The van der Waals surface area contributed by atoms with Crippen LogP contribution in [0.5, 0.6) is 5.75 Å². The highest BCUT2D eigenvalue weighted by atomic mass is 19.4. The van der Waals surface area contributed by atoms with E-state index in [0.717, 1.165) is 19.0 Å². The summed E-state index contributed by atoms with van der Waals surface area (Å²) in [6.07, 6.45) is -2.81. The molecule has 0 amide bonds. The smallest absolute Gasteiger partial charge is 0.419 e. The van der Waals surface area contributed by atoms with E-state index < -0.39 is 17.3 Å². The first-order valence-electron chi connectivity index (χ1n) is 6.88. The normalized spacial score (nSPS) is 14.9. The zero-order chi connectivity index (χ0) is 15.2. The second-order valence-corrected chi connectivity index (χ2v) is 5.08. The average Bonchev–Trinajstić information content (AvgIpc) is 2.38. The van der Waals surface area contributed by atoms with Gasteiger partial charge in [-0.2, -0.15) is 13.2 Å². The van der Waals surface area contributed by atoms with E-state index in [9.17, 15) is 13.2 Å². The Morgan fingerprint density at radius 2 is 1.80 bits per heavy atom. The summed E-state index contributed by atoms with van der Waals surface area (Å²) in [5, 5.41) is 3.20. The summed E-state index contributed by atoms with van der Waals surface area (Å²) in [6, 6.07) is 5.34. The molecule has 114 valence electrons. The van der Waals surface area contributed by atoms with Crippen molar-refractivity contribution in [1.82, 2.24) is 5.32 Å². The molecule has 1 N–H and O–H groups in total. The highest BCUT2D eigenvalue weighted by molar-refractivity contribution is 5.36. The number of nitrogens with one attached hydrogen (secondary N) is 1. The second kappa shape index (κ2) is 6.97. The third-order valence-corrected chi connectivity index (χ3v) is 3.22. The molecule has 1 atom stereocenters. The van der Waals surface area contributed by atoms with E-state index in [4.69, 9.17) is 4.74 Å². The van der Waals surface area contributed by atoms with E-state index >= 15 is 0 Å². The van der Waals surface area contributed by atoms with Crippen molar-refractivity contribution in [2.75, 3.05) is 13.1 Å². The van der Waals surface area contributed by atoms with Crippen molar-refractivity contribution in [3.05, 3.63) is 29.8 Å². The molecule has 0 spiro atoms. The Bertz CT molecular complexity index is 420. The lowest BCUT2D eigenvalue weighted by Gasteiger charge is -2.31. The Hall–Kier alpha value is -1.23. The fraction of sp³-hybridized carbons (Fsp3) is 0.600. The molecule has 1 aromatic carbocycles. The van der Waals surface area contributed by atoms with Crippen molar-refractivity contribution in [2.45, 2.75) is 45.4 Å². The summed E-state index contributed by atoms with van der Waals surface area (Å²) >= 11 is 0. The zero-order valence-corrected chi connectivity index (χ0v) is 12.2. The first-order chi connectivity index (χ1) is 9.32. The number of hydrogen-bond acceptors (Lipinski definition) is 2. The molecule has 0 aliphatic carbocycles. The summed E-state index contributed by atoms with van der Waals surface area (Å²) in [7, 11) is 0. The summed E-state index contributed by atoms with van der Waals surface area (Å²) in [6.45, 7) is 7.10. The van der Waals surface area contributed by atoms with E-state index in [1.165, 1.54) is 12.1 Å². The molecular weight excluding hydrogens is 267 g/mol. The Morgan fingerprint density at radius 1 is 1.15 bits per heavy atom. The predicted molar refractivity (Wildman–Crippen MR) is 73.9 cm³/mol. The van der Waals surface area contributed by atoms with Crippen LogP contribution in [0.3, 0.4) is 0 Å². The molecular formula is C15H22F3NO. The summed E-state index contributed by atoms with van der Waals surface area (Å²) in [4.78, 5) is 0. The van der Waals surface area contributed by atoms with E-state index in [0.29, 0.717) is 13.0 Å². The monoisotopic (exact) mass is 289 g/mol. The number of ether oxygens (including phenoxy) is 1. The van der Waals surface area contributed by atoms with Gasteiger partial charge in [0.2, 0.25) is 0 Å². The molecule has 20 heavy (non-hydrogen) atoms. The van der Waals surface area contributed by atoms with Crippen LogP contribution in [0.2, 0.25) is 0 Å². The Balaban J connectivity index is 2.90. The molecule has 2 nitrogen and oxygen atoms in total. The number of halogens is 3. The van der Waals surface area contributed by atoms with Crippen molar-refractivity contribution < 1.29 is 17.9 Å². The van der Waals surface area contributed by atoms with Gasteiger partial charge in [0.05, 0.1) is 5.56 Å². The van der Waals surface area contributed by atoms with Crippen molar-refractivity contribution >= 4 is 0 Å². The van der Waals surface area contributed by atoms with Gasteiger partial charge in [-0.05, 0) is 38.4 Å². The second-order valence-electron chi connectivity index (χ2n) is 5.08. The minimum Gasteiger partial charge on any atom is -0.486 e. The third kappa shape index (κ3) is 4.71. The largest absolute Gasteiger partial charge is 0.486 e. The zero-order valence-electron chi connectivity index (χ0n) is 12.2. The first kappa shape index (κ1) is 16.8. The molecule has 5 heteroatoms. The molecule has 0 radical (unpaired) electrons. The molecule has 0 heterocycles. The van der Waals surface area contributed by atoms with Crippen LogP contribution >= 0.6 is 0 Å². The van der Waals surface area contributed by atoms with E-state index in [1.54, 1.807) is 6.07 Å². The van der Waals surface area contributed by atoms with Crippen LogP contribution < -0.4 is 10.1 Å². The molecule has 0 saturated carbocycles. The van der Waals surface area contributed by atoms with Gasteiger partial charge in [0.25, 0.3) is 0 Å². The van der Waals surface area contributed by atoms with E-state index in [1.807, 2.05) is 20.8 Å². The van der Waals surface area contributed by atoms with Crippen LogP contribution in [0.4, 0.5) is 13.2 Å². The van der Waals surface area contributed by atoms with Crippen molar-refractivity contribution in [3.8, 4) is 5.75 Å². The lowest BCUT2D eigenvalue weighted by atomic mass is 10.0. The van der Waals surface area contributed by atoms with Crippen LogP contribution in [-0.2, 0) is 6.18 Å². The fourth-order valence-electron chi connectivity index (χ4n) is 1.82. The van der Waals surface area contributed by atoms with Gasteiger partial charge in [-0.25, -0.2) is 0 Å². The highest BCUT2D eigenvalue weighted by Crippen LogP contribution is 2.37. The van der Waals surface area contributed by atoms with Gasteiger partial charge in [-0.1, -0.05) is 26.0 Å². The van der Waals surface area contributed by atoms with Crippen LogP contribution in [0.1, 0.15) is 39.2 Å². The van der Waals surface area contributed by atoms with Crippen LogP contribution in [0, 0.1) is 0 Å². The number of rotatable bonds is 7. The molecule has 1 unspecified atom stereocenters. The summed E-state index contributed by atoms with van der Waals surface area (Å²) in [5.41, 5.74) is -1.38. The Morgan fingerprint density at radius 3 is 2.35 bits per heavy atom. The average molecular weight is 289 g/mol. The van der Waals surface area contributed by atoms with Crippen LogP contribution in [-0.4, -0.2) is 18.7 Å². The summed E-state index contributed by atoms with van der Waals surface area (Å²) in [5.74, 6) is -0.109. The first-order valence-corrected chi connectivity index (χ1v) is 6.88. The SMILES string of the molecule is CCCNCC(C)(CC)Oc1ccccc1C(F)(F)F. The van der Waals surface area contributed by atoms with Crippen LogP contribution in [0.25, 0.3) is 0 Å². The fourth-order valence-corrected chi connectivity index (χ4v) is 1.82. The van der Waals surface area contributed by atoms with Crippen molar-refractivity contribution in [3.63, 3.8) is 0 Å². The minimum absolute atomic E-state index is 0.109. The standard InChI is InChI=1S/C15H22F3NO/c1-4-10-19-11-14(3,5-2)20-13-9-7-6-8-12(13)15(16,17)18/h6-9,19H,4-5,10-11H2,1-3H3. The van der Waals surface area contributed by atoms with Gasteiger partial charge in [0.15, 0.2) is 0 Å². The molecule has 0 bridgehead atoms. The third-order valence-electron chi connectivity index (χ3n) is 3.22. The summed E-state index contributed by atoms with van der Waals surface area (Å²) < 4.78 is 44.5. The quantitative estimate of drug-likeness (QED) is 0.758. The van der Waals surface area contributed by atoms with Gasteiger partial charge in [0, 0.05) is 6.54 Å².